The van der Waals surface area contributed by atoms with Crippen LogP contribution < -0.4 is 4.90 Å². The molecule has 106 valence electrons. The summed E-state index contributed by atoms with van der Waals surface area (Å²) in [6.45, 7) is 0. The molecule has 2 atom stereocenters. The van der Waals surface area contributed by atoms with Crippen LogP contribution in [0.15, 0.2) is 30.3 Å². The van der Waals surface area contributed by atoms with E-state index in [1.54, 1.807) is 12.1 Å². The number of rotatable bonds is 1. The zero-order valence-corrected chi connectivity index (χ0v) is 11.7. The third kappa shape index (κ3) is 1.49. The first-order valence-electron chi connectivity index (χ1n) is 7.52. The van der Waals surface area contributed by atoms with Gasteiger partial charge < -0.3 is 0 Å². The lowest BCUT2D eigenvalue weighted by Crippen LogP contribution is -2.49. The number of carbonyl (C=O) groups excluding carboxylic acids is 2. The van der Waals surface area contributed by atoms with Gasteiger partial charge in [-0.05, 0) is 43.7 Å². The van der Waals surface area contributed by atoms with Gasteiger partial charge in [0, 0.05) is 0 Å². The highest BCUT2D eigenvalue weighted by Crippen LogP contribution is 2.59. The molecule has 1 aromatic carbocycles. The number of fused-ring (bicyclic) bond motifs is 2. The maximum atomic E-state index is 12.9. The van der Waals surface area contributed by atoms with Crippen LogP contribution in [0, 0.1) is 34.5 Å². The summed E-state index contributed by atoms with van der Waals surface area (Å²) in [6.07, 6.45) is 3.32. The zero-order valence-electron chi connectivity index (χ0n) is 11.7. The van der Waals surface area contributed by atoms with Gasteiger partial charge in [0.15, 0.2) is 0 Å². The Hall–Kier alpha value is -2.15. The van der Waals surface area contributed by atoms with Crippen LogP contribution in [0.25, 0.3) is 0 Å². The van der Waals surface area contributed by atoms with Crippen LogP contribution in [0.4, 0.5) is 5.69 Å². The highest BCUT2D eigenvalue weighted by atomic mass is 16.2. The summed E-state index contributed by atoms with van der Waals surface area (Å²) in [5, 5.41) is 9.64. The number of nitriles is 1. The molecule has 1 saturated heterocycles. The Balaban J connectivity index is 1.81. The van der Waals surface area contributed by atoms with Gasteiger partial charge in [-0.3, -0.25) is 9.59 Å². The number of benzene rings is 1. The van der Waals surface area contributed by atoms with Crippen LogP contribution in [0.1, 0.15) is 25.7 Å². The standard InChI is InChI=1S/C17H16N2O2/c18-10-17-8-6-11(7-9-17)13-14(17)16(21)19(15(13)20)12-4-2-1-3-5-12/h1-5,11,13-14H,6-9H2. The SMILES string of the molecule is N#CC12CCC(CC1)C1C(=O)N(c3ccccc3)C(=O)C12. The highest BCUT2D eigenvalue weighted by molar-refractivity contribution is 6.22. The summed E-state index contributed by atoms with van der Waals surface area (Å²) in [5.41, 5.74) is 0.0183. The molecule has 3 saturated carbocycles. The van der Waals surface area contributed by atoms with Gasteiger partial charge in [-0.2, -0.15) is 5.26 Å². The fourth-order valence-electron chi connectivity index (χ4n) is 4.59. The van der Waals surface area contributed by atoms with Gasteiger partial charge in [0.05, 0.1) is 29.0 Å². The van der Waals surface area contributed by atoms with Crippen molar-refractivity contribution < 1.29 is 9.59 Å². The molecule has 0 aromatic heterocycles. The second kappa shape index (κ2) is 4.17. The van der Waals surface area contributed by atoms with E-state index >= 15 is 0 Å². The average molecular weight is 280 g/mol. The summed E-state index contributed by atoms with van der Waals surface area (Å²) < 4.78 is 0. The first-order chi connectivity index (χ1) is 10.2. The van der Waals surface area contributed by atoms with Crippen LogP contribution in [0.2, 0.25) is 0 Å². The van der Waals surface area contributed by atoms with Crippen molar-refractivity contribution in [2.45, 2.75) is 25.7 Å². The lowest BCUT2D eigenvalue weighted by atomic mass is 9.52. The second-order valence-electron chi connectivity index (χ2n) is 6.46. The fraction of sp³-hybridized carbons (Fsp3) is 0.471. The third-order valence-electron chi connectivity index (χ3n) is 5.61. The molecule has 0 spiro atoms. The van der Waals surface area contributed by atoms with Crippen molar-refractivity contribution in [1.82, 2.24) is 0 Å². The predicted octanol–water partition coefficient (Wildman–Crippen LogP) is 2.51. The number of carbonyl (C=O) groups is 2. The number of anilines is 1. The van der Waals surface area contributed by atoms with Crippen LogP contribution in [-0.4, -0.2) is 11.8 Å². The van der Waals surface area contributed by atoms with Gasteiger partial charge in [0.1, 0.15) is 0 Å². The van der Waals surface area contributed by atoms with E-state index in [0.717, 1.165) is 25.7 Å². The Morgan fingerprint density at radius 1 is 1.10 bits per heavy atom. The Labute approximate surface area is 123 Å². The van der Waals surface area contributed by atoms with E-state index in [4.69, 9.17) is 0 Å². The zero-order chi connectivity index (χ0) is 14.6. The van der Waals surface area contributed by atoms with E-state index in [1.165, 1.54) is 4.90 Å². The van der Waals surface area contributed by atoms with Crippen LogP contribution >= 0.6 is 0 Å². The summed E-state index contributed by atoms with van der Waals surface area (Å²) in [6, 6.07) is 11.5. The summed E-state index contributed by atoms with van der Waals surface area (Å²) in [5.74, 6) is -0.694. The first kappa shape index (κ1) is 12.6. The molecule has 1 aromatic rings. The number of hydrogen-bond acceptors (Lipinski definition) is 3. The lowest BCUT2D eigenvalue weighted by molar-refractivity contribution is -0.133. The molecule has 21 heavy (non-hydrogen) atoms. The molecular formula is C17H16N2O2. The molecular weight excluding hydrogens is 264 g/mol. The van der Waals surface area contributed by atoms with Crippen molar-refractivity contribution in [1.29, 1.82) is 5.26 Å². The highest BCUT2D eigenvalue weighted by Gasteiger charge is 2.64. The maximum absolute atomic E-state index is 12.9. The monoisotopic (exact) mass is 280 g/mol. The van der Waals surface area contributed by atoms with Crippen LogP contribution in [0.3, 0.4) is 0 Å². The Morgan fingerprint density at radius 2 is 1.76 bits per heavy atom. The maximum Gasteiger partial charge on any atom is 0.239 e. The van der Waals surface area contributed by atoms with Gasteiger partial charge in [0.25, 0.3) is 0 Å². The quantitative estimate of drug-likeness (QED) is 0.743. The molecule has 1 aliphatic heterocycles. The average Bonchev–Trinajstić information content (AvgIpc) is 2.83. The van der Waals surface area contributed by atoms with Crippen molar-refractivity contribution >= 4 is 17.5 Å². The number of nitrogens with zero attached hydrogens (tertiary/aromatic N) is 2. The fourth-order valence-corrected chi connectivity index (χ4v) is 4.59. The lowest BCUT2D eigenvalue weighted by Gasteiger charge is -2.48. The van der Waals surface area contributed by atoms with Crippen molar-refractivity contribution in [3.05, 3.63) is 30.3 Å². The molecule has 1 heterocycles. The topological polar surface area (TPSA) is 61.2 Å². The molecule has 0 radical (unpaired) electrons. The van der Waals surface area contributed by atoms with Crippen molar-refractivity contribution in [2.24, 2.45) is 23.2 Å². The van der Waals surface area contributed by atoms with Crippen molar-refractivity contribution in [3.63, 3.8) is 0 Å². The van der Waals surface area contributed by atoms with E-state index < -0.39 is 11.3 Å². The Bertz CT molecular complexity index is 653. The molecule has 2 unspecified atom stereocenters. The number of amides is 2. The molecule has 2 bridgehead atoms. The smallest absolute Gasteiger partial charge is 0.239 e. The summed E-state index contributed by atoms with van der Waals surface area (Å²) in [7, 11) is 0. The van der Waals surface area contributed by atoms with Crippen molar-refractivity contribution in [2.75, 3.05) is 4.90 Å². The number of para-hydroxylation sites is 1. The van der Waals surface area contributed by atoms with E-state index in [9.17, 15) is 14.9 Å². The predicted molar refractivity (Wildman–Crippen MR) is 75.9 cm³/mol. The third-order valence-corrected chi connectivity index (χ3v) is 5.61. The Kier molecular flexibility index (Phi) is 2.50. The molecule has 3 aliphatic carbocycles. The second-order valence-corrected chi connectivity index (χ2v) is 6.46. The number of imide groups is 1. The van der Waals surface area contributed by atoms with Gasteiger partial charge in [-0.25, -0.2) is 4.90 Å². The minimum atomic E-state index is -0.615. The molecule has 2 amide bonds. The van der Waals surface area contributed by atoms with Crippen LogP contribution in [-0.2, 0) is 9.59 Å². The van der Waals surface area contributed by atoms with Crippen molar-refractivity contribution in [3.8, 4) is 6.07 Å². The summed E-state index contributed by atoms with van der Waals surface area (Å²) >= 11 is 0. The first-order valence-corrected chi connectivity index (χ1v) is 7.52. The minimum absolute atomic E-state index is 0.0970. The van der Waals surface area contributed by atoms with Gasteiger partial charge in [-0.15, -0.1) is 0 Å². The minimum Gasteiger partial charge on any atom is -0.274 e. The van der Waals surface area contributed by atoms with Crippen LogP contribution in [0.5, 0.6) is 0 Å². The number of hydrogen-bond donors (Lipinski definition) is 0. The summed E-state index contributed by atoms with van der Waals surface area (Å²) in [4.78, 5) is 27.0. The van der Waals surface area contributed by atoms with E-state index in [-0.39, 0.29) is 23.7 Å². The molecule has 5 rings (SSSR count). The molecule has 4 nitrogen and oxygen atoms in total. The van der Waals surface area contributed by atoms with Gasteiger partial charge in [0.2, 0.25) is 11.8 Å². The molecule has 4 fully saturated rings. The molecule has 4 heteroatoms. The van der Waals surface area contributed by atoms with E-state index in [2.05, 4.69) is 6.07 Å². The van der Waals surface area contributed by atoms with E-state index in [1.807, 2.05) is 18.2 Å². The Morgan fingerprint density at radius 3 is 2.38 bits per heavy atom. The van der Waals surface area contributed by atoms with Gasteiger partial charge >= 0.3 is 0 Å². The largest absolute Gasteiger partial charge is 0.274 e. The molecule has 0 N–H and O–H groups in total. The molecule has 4 aliphatic rings. The van der Waals surface area contributed by atoms with Gasteiger partial charge in [-0.1, -0.05) is 18.2 Å². The van der Waals surface area contributed by atoms with E-state index in [0.29, 0.717) is 5.69 Å². The normalized spacial score (nSPS) is 37.5.